The molecular weight excluding hydrogens is 913 g/mol. The topological polar surface area (TPSA) is 78.9 Å². The summed E-state index contributed by atoms with van der Waals surface area (Å²) in [6.07, 6.45) is 84.9. The van der Waals surface area contributed by atoms with Crippen molar-refractivity contribution < 1.29 is 28.6 Å². The highest BCUT2D eigenvalue weighted by molar-refractivity contribution is 5.71. The minimum atomic E-state index is -0.802. The third kappa shape index (κ3) is 58.7. The SMILES string of the molecule is CC/C=C\C/C=C\C/C=C\C/C=C\C/C=C\CCCCCCCCCCCCCC(=O)OCC(COC(=O)CCCCC/C=C\C/C=C\C/C=C\CC)OC(=O)CCCCCCC/C=C\C/C=C\CCCCCC. The zero-order valence-corrected chi connectivity index (χ0v) is 48.1. The predicted molar refractivity (Wildman–Crippen MR) is 320 cm³/mol. The van der Waals surface area contributed by atoms with Crippen LogP contribution in [0.4, 0.5) is 0 Å². The van der Waals surface area contributed by atoms with Crippen molar-refractivity contribution in [2.24, 2.45) is 0 Å². The molecule has 0 aliphatic heterocycles. The van der Waals surface area contributed by atoms with E-state index in [-0.39, 0.29) is 31.1 Å². The molecule has 0 rings (SSSR count). The average molecular weight is 1030 g/mol. The average Bonchev–Trinajstić information content (AvgIpc) is 3.40. The number of rotatable bonds is 54. The van der Waals surface area contributed by atoms with Gasteiger partial charge in [0.25, 0.3) is 0 Å². The van der Waals surface area contributed by atoms with Crippen LogP contribution < -0.4 is 0 Å². The molecule has 0 spiro atoms. The van der Waals surface area contributed by atoms with E-state index in [9.17, 15) is 14.4 Å². The Morgan fingerprint density at radius 2 is 0.527 bits per heavy atom. The van der Waals surface area contributed by atoms with E-state index in [1.165, 1.54) is 89.9 Å². The van der Waals surface area contributed by atoms with Crippen molar-refractivity contribution >= 4 is 17.9 Å². The van der Waals surface area contributed by atoms with Crippen molar-refractivity contribution in [3.8, 4) is 0 Å². The molecule has 1 unspecified atom stereocenters. The maximum Gasteiger partial charge on any atom is 0.306 e. The highest BCUT2D eigenvalue weighted by atomic mass is 16.6. The molecule has 0 aliphatic carbocycles. The number of esters is 3. The van der Waals surface area contributed by atoms with Gasteiger partial charge in [0.1, 0.15) is 13.2 Å². The molecule has 0 saturated carbocycles. The Morgan fingerprint density at radius 1 is 0.284 bits per heavy atom. The Kier molecular flexibility index (Phi) is 57.9. The van der Waals surface area contributed by atoms with Crippen LogP contribution in [0.25, 0.3) is 0 Å². The van der Waals surface area contributed by atoms with E-state index in [0.717, 1.165) is 141 Å². The first-order chi connectivity index (χ1) is 36.5. The molecule has 0 heterocycles. The molecule has 0 aromatic carbocycles. The quantitative estimate of drug-likeness (QED) is 0.0261. The third-order valence-corrected chi connectivity index (χ3v) is 12.7. The fourth-order valence-electron chi connectivity index (χ4n) is 8.16. The standard InChI is InChI=1S/C68H112O6/c1-4-7-10-13-16-19-22-25-27-29-30-31-32-33-34-35-36-37-38-39-41-43-46-49-52-55-58-61-67(70)73-64-65(63-72-66(69)60-57-54-51-48-45-42-24-21-18-15-12-9-6-3)74-68(71)62-59-56-53-50-47-44-40-28-26-23-20-17-14-11-8-5-2/h7,9-10,12,16,18-21,23,25,27-28,30-31,33-34,40,42,45,65H,4-6,8,11,13-15,17,22,24,26,29,32,35-39,41,43-44,46-64H2,1-3H3/b10-7-,12-9-,19-16-,21-18-,23-20-,27-25-,31-30-,34-33-,40-28-,45-42-. The summed E-state index contributed by atoms with van der Waals surface area (Å²) in [4.78, 5) is 38.2. The summed E-state index contributed by atoms with van der Waals surface area (Å²) in [5.74, 6) is -0.943. The first-order valence-electron chi connectivity index (χ1n) is 30.5. The molecule has 0 fully saturated rings. The Labute approximate surface area is 456 Å². The van der Waals surface area contributed by atoms with Crippen LogP contribution in [0.2, 0.25) is 0 Å². The highest BCUT2D eigenvalue weighted by Crippen LogP contribution is 2.15. The van der Waals surface area contributed by atoms with E-state index in [1.54, 1.807) is 0 Å². The molecule has 0 amide bonds. The molecule has 0 aliphatic rings. The van der Waals surface area contributed by atoms with Crippen LogP contribution in [0.1, 0.15) is 271 Å². The number of ether oxygens (including phenoxy) is 3. The fraction of sp³-hybridized carbons (Fsp3) is 0.662. The first kappa shape index (κ1) is 69.8. The van der Waals surface area contributed by atoms with Gasteiger partial charge in [0.15, 0.2) is 6.10 Å². The number of allylic oxidation sites excluding steroid dienone is 20. The Hall–Kier alpha value is -4.19. The number of carbonyl (C=O) groups excluding carboxylic acids is 3. The van der Waals surface area contributed by atoms with Gasteiger partial charge < -0.3 is 14.2 Å². The second kappa shape index (κ2) is 61.4. The van der Waals surface area contributed by atoms with Crippen molar-refractivity contribution in [1.82, 2.24) is 0 Å². The zero-order chi connectivity index (χ0) is 53.6. The van der Waals surface area contributed by atoms with Gasteiger partial charge in [-0.05, 0) is 128 Å². The lowest BCUT2D eigenvalue weighted by atomic mass is 10.0. The van der Waals surface area contributed by atoms with Gasteiger partial charge in [-0.2, -0.15) is 0 Å². The van der Waals surface area contributed by atoms with Gasteiger partial charge in [-0.1, -0.05) is 245 Å². The van der Waals surface area contributed by atoms with Crippen molar-refractivity contribution in [3.05, 3.63) is 122 Å². The maximum atomic E-state index is 12.9. The normalized spacial score (nSPS) is 13.0. The third-order valence-electron chi connectivity index (χ3n) is 12.7. The Bertz CT molecular complexity index is 1550. The van der Waals surface area contributed by atoms with Crippen molar-refractivity contribution in [2.45, 2.75) is 277 Å². The van der Waals surface area contributed by atoms with Crippen LogP contribution in [-0.4, -0.2) is 37.2 Å². The van der Waals surface area contributed by atoms with Crippen LogP contribution in [0, 0.1) is 0 Å². The molecular formula is C68H112O6. The second-order valence-electron chi connectivity index (χ2n) is 19.8. The van der Waals surface area contributed by atoms with Gasteiger partial charge in [-0.15, -0.1) is 0 Å². The molecule has 0 saturated heterocycles. The fourth-order valence-corrected chi connectivity index (χ4v) is 8.16. The molecule has 6 nitrogen and oxygen atoms in total. The molecule has 0 radical (unpaired) electrons. The van der Waals surface area contributed by atoms with Crippen molar-refractivity contribution in [3.63, 3.8) is 0 Å². The van der Waals surface area contributed by atoms with E-state index >= 15 is 0 Å². The van der Waals surface area contributed by atoms with E-state index in [2.05, 4.69) is 142 Å². The summed E-state index contributed by atoms with van der Waals surface area (Å²) in [6.45, 7) is 6.36. The van der Waals surface area contributed by atoms with Crippen LogP contribution in [0.5, 0.6) is 0 Å². The van der Waals surface area contributed by atoms with Gasteiger partial charge in [-0.25, -0.2) is 0 Å². The molecule has 6 heteroatoms. The highest BCUT2D eigenvalue weighted by Gasteiger charge is 2.19. The lowest BCUT2D eigenvalue weighted by Crippen LogP contribution is -2.30. The molecule has 0 bridgehead atoms. The molecule has 74 heavy (non-hydrogen) atoms. The van der Waals surface area contributed by atoms with Gasteiger partial charge in [-0.3, -0.25) is 14.4 Å². The first-order valence-corrected chi connectivity index (χ1v) is 30.5. The van der Waals surface area contributed by atoms with Crippen LogP contribution in [0.15, 0.2) is 122 Å². The molecule has 0 aromatic heterocycles. The summed E-state index contributed by atoms with van der Waals surface area (Å²) >= 11 is 0. The van der Waals surface area contributed by atoms with E-state index in [0.29, 0.717) is 19.3 Å². The number of carbonyl (C=O) groups is 3. The summed E-state index contributed by atoms with van der Waals surface area (Å²) < 4.78 is 16.8. The van der Waals surface area contributed by atoms with Crippen LogP contribution in [-0.2, 0) is 28.6 Å². The maximum absolute atomic E-state index is 12.9. The minimum Gasteiger partial charge on any atom is -0.462 e. The van der Waals surface area contributed by atoms with Gasteiger partial charge >= 0.3 is 17.9 Å². The number of hydrogen-bond acceptors (Lipinski definition) is 6. The number of hydrogen-bond donors (Lipinski definition) is 0. The predicted octanol–water partition coefficient (Wildman–Crippen LogP) is 20.8. The molecule has 1 atom stereocenters. The Balaban J connectivity index is 4.34. The monoisotopic (exact) mass is 1020 g/mol. The largest absolute Gasteiger partial charge is 0.462 e. The van der Waals surface area contributed by atoms with Gasteiger partial charge in [0.05, 0.1) is 0 Å². The van der Waals surface area contributed by atoms with E-state index in [4.69, 9.17) is 14.2 Å². The van der Waals surface area contributed by atoms with E-state index < -0.39 is 6.10 Å². The summed E-state index contributed by atoms with van der Waals surface area (Å²) in [6, 6.07) is 0. The summed E-state index contributed by atoms with van der Waals surface area (Å²) in [5.41, 5.74) is 0. The summed E-state index contributed by atoms with van der Waals surface area (Å²) in [7, 11) is 0. The second-order valence-corrected chi connectivity index (χ2v) is 19.8. The Morgan fingerprint density at radius 3 is 0.838 bits per heavy atom. The molecule has 420 valence electrons. The molecule has 0 N–H and O–H groups in total. The van der Waals surface area contributed by atoms with E-state index in [1.807, 2.05) is 0 Å². The molecule has 0 aromatic rings. The summed E-state index contributed by atoms with van der Waals surface area (Å²) in [5, 5.41) is 0. The smallest absolute Gasteiger partial charge is 0.306 e. The van der Waals surface area contributed by atoms with Gasteiger partial charge in [0, 0.05) is 19.3 Å². The van der Waals surface area contributed by atoms with Gasteiger partial charge in [0.2, 0.25) is 0 Å². The lowest BCUT2D eigenvalue weighted by Gasteiger charge is -2.18. The van der Waals surface area contributed by atoms with Crippen molar-refractivity contribution in [2.75, 3.05) is 13.2 Å². The number of unbranched alkanes of at least 4 members (excludes halogenated alkanes) is 23. The zero-order valence-electron chi connectivity index (χ0n) is 48.1. The minimum absolute atomic E-state index is 0.0968. The van der Waals surface area contributed by atoms with Crippen LogP contribution >= 0.6 is 0 Å². The lowest BCUT2D eigenvalue weighted by molar-refractivity contribution is -0.167. The van der Waals surface area contributed by atoms with Crippen LogP contribution in [0.3, 0.4) is 0 Å². The van der Waals surface area contributed by atoms with Crippen molar-refractivity contribution in [1.29, 1.82) is 0 Å².